The Labute approximate surface area is 128 Å². The van der Waals surface area contributed by atoms with Crippen molar-refractivity contribution in [3.63, 3.8) is 0 Å². The van der Waals surface area contributed by atoms with Crippen molar-refractivity contribution in [2.45, 2.75) is 43.0 Å². The van der Waals surface area contributed by atoms with E-state index in [4.69, 9.17) is 5.84 Å². The largest absolute Gasteiger partial charge is 0.308 e. The molecule has 0 radical (unpaired) electrons. The van der Waals surface area contributed by atoms with Gasteiger partial charge in [0.15, 0.2) is 0 Å². The molecule has 0 unspecified atom stereocenters. The third kappa shape index (κ3) is 3.71. The summed E-state index contributed by atoms with van der Waals surface area (Å²) in [6.07, 6.45) is 0. The van der Waals surface area contributed by atoms with Gasteiger partial charge >= 0.3 is 0 Å². The topological polar surface area (TPSA) is 63.8 Å². The van der Waals surface area contributed by atoms with Crippen molar-refractivity contribution in [2.24, 2.45) is 5.84 Å². The number of hydrogen-bond donors (Lipinski definition) is 2. The summed E-state index contributed by atoms with van der Waals surface area (Å²) in [5.41, 5.74) is 3.31. The first-order chi connectivity index (χ1) is 9.81. The molecule has 0 aliphatic carbocycles. The molecule has 0 aliphatic heterocycles. The van der Waals surface area contributed by atoms with Crippen molar-refractivity contribution < 1.29 is 4.39 Å². The van der Waals surface area contributed by atoms with Crippen molar-refractivity contribution in [1.82, 2.24) is 9.97 Å². The van der Waals surface area contributed by atoms with Crippen LogP contribution >= 0.6 is 11.8 Å². The highest BCUT2D eigenvalue weighted by atomic mass is 32.2. The molecule has 0 saturated carbocycles. The number of hydrogen-bond acceptors (Lipinski definition) is 5. The molecule has 4 nitrogen and oxygen atoms in total. The normalized spacial score (nSPS) is 11.5. The summed E-state index contributed by atoms with van der Waals surface area (Å²) in [6.45, 7) is 8.05. The summed E-state index contributed by atoms with van der Waals surface area (Å²) in [5.74, 6) is 6.62. The second kappa shape index (κ2) is 5.99. The van der Waals surface area contributed by atoms with Gasteiger partial charge in [0.1, 0.15) is 22.5 Å². The molecule has 6 heteroatoms. The Morgan fingerprint density at radius 2 is 1.76 bits per heavy atom. The predicted molar refractivity (Wildman–Crippen MR) is 83.8 cm³/mol. The predicted octanol–water partition coefficient (Wildman–Crippen LogP) is 3.66. The highest BCUT2D eigenvalue weighted by Gasteiger charge is 2.21. The fourth-order valence-corrected chi connectivity index (χ4v) is 2.56. The Balaban J connectivity index is 2.44. The van der Waals surface area contributed by atoms with Crippen molar-refractivity contribution in [3.8, 4) is 0 Å². The van der Waals surface area contributed by atoms with Crippen molar-refractivity contribution in [1.29, 1.82) is 0 Å². The number of rotatable bonds is 3. The highest BCUT2D eigenvalue weighted by Crippen LogP contribution is 2.33. The average Bonchev–Trinajstić information content (AvgIpc) is 2.42. The number of nitrogen functional groups attached to an aromatic ring is 1. The van der Waals surface area contributed by atoms with E-state index < -0.39 is 0 Å². The molecule has 0 aliphatic rings. The van der Waals surface area contributed by atoms with Gasteiger partial charge in [0.25, 0.3) is 0 Å². The molecular formula is C15H19FN4S. The maximum Gasteiger partial charge on any atom is 0.147 e. The van der Waals surface area contributed by atoms with Gasteiger partial charge in [-0.25, -0.2) is 20.2 Å². The molecule has 1 aromatic carbocycles. The first-order valence-corrected chi connectivity index (χ1v) is 7.42. The summed E-state index contributed by atoms with van der Waals surface area (Å²) in [5, 5.41) is 0.814. The molecule has 21 heavy (non-hydrogen) atoms. The van der Waals surface area contributed by atoms with E-state index in [2.05, 4.69) is 15.4 Å². The van der Waals surface area contributed by atoms with Crippen LogP contribution in [0.4, 0.5) is 10.2 Å². The first-order valence-electron chi connectivity index (χ1n) is 6.60. The number of nitrogens with two attached hydrogens (primary N) is 1. The number of nitrogens with zero attached hydrogens (tertiary/aromatic N) is 2. The molecule has 1 aromatic heterocycles. The van der Waals surface area contributed by atoms with E-state index in [0.717, 1.165) is 15.5 Å². The molecule has 1 heterocycles. The molecule has 0 bridgehead atoms. The third-order valence-corrected chi connectivity index (χ3v) is 4.04. The zero-order chi connectivity index (χ0) is 15.6. The molecule has 0 saturated heterocycles. The van der Waals surface area contributed by atoms with E-state index in [1.54, 1.807) is 12.1 Å². The standard InChI is InChI=1S/C15H19FN4S/c1-9-12(20-17)18-14(15(2,3)4)19-13(9)21-11-7-5-10(16)6-8-11/h5-8H,17H2,1-4H3,(H,18,19,20). The van der Waals surface area contributed by atoms with Crippen LogP contribution in [0, 0.1) is 12.7 Å². The number of benzene rings is 1. The van der Waals surface area contributed by atoms with E-state index in [0.29, 0.717) is 11.6 Å². The average molecular weight is 306 g/mol. The molecular weight excluding hydrogens is 287 g/mol. The third-order valence-electron chi connectivity index (χ3n) is 2.94. The van der Waals surface area contributed by atoms with Gasteiger partial charge in [-0.05, 0) is 31.2 Å². The lowest BCUT2D eigenvalue weighted by Gasteiger charge is -2.20. The molecule has 2 rings (SSSR count). The Morgan fingerprint density at radius 3 is 2.29 bits per heavy atom. The van der Waals surface area contributed by atoms with Crippen LogP contribution in [-0.4, -0.2) is 9.97 Å². The smallest absolute Gasteiger partial charge is 0.147 e. The van der Waals surface area contributed by atoms with Gasteiger partial charge in [0.05, 0.1) is 0 Å². The highest BCUT2D eigenvalue weighted by molar-refractivity contribution is 7.99. The van der Waals surface area contributed by atoms with Crippen LogP contribution in [0.25, 0.3) is 0 Å². The van der Waals surface area contributed by atoms with Gasteiger partial charge in [-0.15, -0.1) is 0 Å². The van der Waals surface area contributed by atoms with Gasteiger partial charge in [-0.3, -0.25) is 0 Å². The number of nitrogens with one attached hydrogen (secondary N) is 1. The Hall–Kier alpha value is -1.66. The Morgan fingerprint density at radius 1 is 1.14 bits per heavy atom. The summed E-state index contributed by atoms with van der Waals surface area (Å²) in [4.78, 5) is 10.0. The zero-order valence-corrected chi connectivity index (χ0v) is 13.4. The minimum Gasteiger partial charge on any atom is -0.308 e. The quantitative estimate of drug-likeness (QED) is 0.515. The molecule has 0 atom stereocenters. The van der Waals surface area contributed by atoms with Crippen LogP contribution in [0.15, 0.2) is 34.2 Å². The molecule has 3 N–H and O–H groups in total. The van der Waals surface area contributed by atoms with Gasteiger partial charge in [0.2, 0.25) is 0 Å². The number of halogens is 1. The van der Waals surface area contributed by atoms with Crippen molar-refractivity contribution in [2.75, 3.05) is 5.43 Å². The summed E-state index contributed by atoms with van der Waals surface area (Å²) in [6, 6.07) is 6.33. The van der Waals surface area contributed by atoms with Crippen LogP contribution in [0.5, 0.6) is 0 Å². The summed E-state index contributed by atoms with van der Waals surface area (Å²) < 4.78 is 13.0. The monoisotopic (exact) mass is 306 g/mol. The molecule has 0 amide bonds. The maximum atomic E-state index is 13.0. The van der Waals surface area contributed by atoms with Gasteiger partial charge in [0, 0.05) is 15.9 Å². The number of aromatic nitrogens is 2. The summed E-state index contributed by atoms with van der Waals surface area (Å²) >= 11 is 1.47. The lowest BCUT2D eigenvalue weighted by molar-refractivity contribution is 0.538. The SMILES string of the molecule is Cc1c(NN)nc(C(C)(C)C)nc1Sc1ccc(F)cc1. The van der Waals surface area contributed by atoms with Crippen LogP contribution in [0.1, 0.15) is 32.2 Å². The van der Waals surface area contributed by atoms with Crippen molar-refractivity contribution >= 4 is 17.6 Å². The van der Waals surface area contributed by atoms with Crippen LogP contribution in [0.3, 0.4) is 0 Å². The summed E-state index contributed by atoms with van der Waals surface area (Å²) in [7, 11) is 0. The van der Waals surface area contributed by atoms with E-state index in [9.17, 15) is 4.39 Å². The maximum absolute atomic E-state index is 13.0. The van der Waals surface area contributed by atoms with E-state index in [1.807, 2.05) is 27.7 Å². The van der Waals surface area contributed by atoms with Gasteiger partial charge < -0.3 is 5.43 Å². The molecule has 0 fully saturated rings. The van der Waals surface area contributed by atoms with Crippen molar-refractivity contribution in [3.05, 3.63) is 41.5 Å². The lowest BCUT2D eigenvalue weighted by atomic mass is 9.95. The minimum absolute atomic E-state index is 0.183. The van der Waals surface area contributed by atoms with E-state index >= 15 is 0 Å². The first kappa shape index (κ1) is 15.7. The fourth-order valence-electron chi connectivity index (χ4n) is 1.69. The fraction of sp³-hybridized carbons (Fsp3) is 0.333. The molecule has 0 spiro atoms. The lowest BCUT2D eigenvalue weighted by Crippen LogP contribution is -2.20. The Bertz CT molecular complexity index is 635. The molecule has 2 aromatic rings. The van der Waals surface area contributed by atoms with Gasteiger partial charge in [-0.1, -0.05) is 32.5 Å². The van der Waals surface area contributed by atoms with E-state index in [-0.39, 0.29) is 11.2 Å². The number of anilines is 1. The second-order valence-corrected chi connectivity index (χ2v) is 6.84. The second-order valence-electron chi connectivity index (χ2n) is 5.78. The van der Waals surface area contributed by atoms with Crippen LogP contribution in [-0.2, 0) is 5.41 Å². The minimum atomic E-state index is -0.251. The molecule has 112 valence electrons. The van der Waals surface area contributed by atoms with Crippen LogP contribution in [0.2, 0.25) is 0 Å². The van der Waals surface area contributed by atoms with Crippen LogP contribution < -0.4 is 11.3 Å². The Kier molecular flexibility index (Phi) is 4.49. The zero-order valence-electron chi connectivity index (χ0n) is 12.6. The number of hydrazine groups is 1. The van der Waals surface area contributed by atoms with E-state index in [1.165, 1.54) is 23.9 Å². The van der Waals surface area contributed by atoms with Gasteiger partial charge in [-0.2, -0.15) is 0 Å².